The first kappa shape index (κ1) is 28.7. The molecule has 6 rings (SSSR count). The molecule has 2 heterocycles. The number of amides is 2. The number of carboxylic acids is 1. The normalized spacial score (nSPS) is 16.3. The summed E-state index contributed by atoms with van der Waals surface area (Å²) < 4.78 is 0. The fraction of sp³-hybridized carbons (Fsp3) is 0.281. The van der Waals surface area contributed by atoms with Crippen LogP contribution in [0.5, 0.6) is 0 Å². The number of anilines is 3. The van der Waals surface area contributed by atoms with Crippen molar-refractivity contribution in [3.05, 3.63) is 108 Å². The Hall–Kier alpha value is -5.39. The van der Waals surface area contributed by atoms with Crippen LogP contribution in [-0.4, -0.2) is 46.5 Å². The van der Waals surface area contributed by atoms with Gasteiger partial charge < -0.3 is 26.0 Å². The Morgan fingerprint density at radius 2 is 1.75 bits per heavy atom. The van der Waals surface area contributed by atoms with Crippen LogP contribution >= 0.6 is 0 Å². The fourth-order valence-electron chi connectivity index (χ4n) is 6.13. The molecule has 4 aromatic rings. The minimum Gasteiger partial charge on any atom is -0.478 e. The Kier molecular flexibility index (Phi) is 6.99. The number of aromatic nitrogens is 2. The van der Waals surface area contributed by atoms with E-state index in [9.17, 15) is 29.1 Å². The van der Waals surface area contributed by atoms with Gasteiger partial charge in [-0.2, -0.15) is 0 Å². The Balaban J connectivity index is 1.14. The van der Waals surface area contributed by atoms with E-state index in [0.717, 1.165) is 34.3 Å². The highest BCUT2D eigenvalue weighted by Gasteiger charge is 2.39. The van der Waals surface area contributed by atoms with Crippen LogP contribution in [0.3, 0.4) is 0 Å². The van der Waals surface area contributed by atoms with Gasteiger partial charge in [-0.15, -0.1) is 0 Å². The number of carbonyl (C=O) groups excluding carboxylic acids is 2. The summed E-state index contributed by atoms with van der Waals surface area (Å²) in [5.74, 6) is -1.97. The van der Waals surface area contributed by atoms with E-state index >= 15 is 0 Å². The van der Waals surface area contributed by atoms with Crippen LogP contribution in [-0.2, 0) is 18.4 Å². The predicted octanol–water partition coefficient (Wildman–Crippen LogP) is 2.59. The van der Waals surface area contributed by atoms with Crippen molar-refractivity contribution in [2.24, 2.45) is 0 Å². The second-order valence-electron chi connectivity index (χ2n) is 11.7. The third-order valence-corrected chi connectivity index (χ3v) is 8.40. The van der Waals surface area contributed by atoms with Crippen molar-refractivity contribution >= 4 is 34.8 Å². The standard InChI is InChI=1S/C32H30N6O6/c1-32(2)14-38(26-25(33-3)27(39)28(26)40)24-10-16(4-8-20(24)32)13-34-29(41)22-12-23(36-15-35-22)30(42)37-21-9-6-17-11-18(31(43)44)5-7-19(17)21/h4-5,7-8,10-12,15,21,33H,6,9,13-14H2,1-3H3,(H,34,41)(H,37,42)(H,43,44)/t21-/m0/s1. The number of hydrogen-bond acceptors (Lipinski definition) is 9. The van der Waals surface area contributed by atoms with E-state index in [1.807, 2.05) is 23.1 Å². The molecular weight excluding hydrogens is 564 g/mol. The number of hydrogen-bond donors (Lipinski definition) is 4. The molecule has 0 saturated heterocycles. The van der Waals surface area contributed by atoms with Gasteiger partial charge in [-0.3, -0.25) is 19.2 Å². The lowest BCUT2D eigenvalue weighted by Gasteiger charge is -2.25. The summed E-state index contributed by atoms with van der Waals surface area (Å²) in [4.78, 5) is 71.8. The van der Waals surface area contributed by atoms with E-state index in [1.165, 1.54) is 12.1 Å². The van der Waals surface area contributed by atoms with Crippen molar-refractivity contribution in [2.75, 3.05) is 23.8 Å². The smallest absolute Gasteiger partial charge is 0.335 e. The summed E-state index contributed by atoms with van der Waals surface area (Å²) >= 11 is 0. The molecule has 1 aromatic heterocycles. The van der Waals surface area contributed by atoms with Gasteiger partial charge in [-0.05, 0) is 53.3 Å². The number of nitrogens with one attached hydrogen (secondary N) is 3. The summed E-state index contributed by atoms with van der Waals surface area (Å²) in [6.07, 6.45) is 2.42. The molecule has 1 aliphatic carbocycles. The average molecular weight is 595 g/mol. The lowest BCUT2D eigenvalue weighted by atomic mass is 9.86. The van der Waals surface area contributed by atoms with Crippen LogP contribution in [0.2, 0.25) is 0 Å². The minimum atomic E-state index is -1.00. The highest BCUT2D eigenvalue weighted by atomic mass is 16.4. The Morgan fingerprint density at radius 1 is 1.00 bits per heavy atom. The number of fused-ring (bicyclic) bond motifs is 2. The predicted molar refractivity (Wildman–Crippen MR) is 163 cm³/mol. The van der Waals surface area contributed by atoms with Gasteiger partial charge in [0.1, 0.15) is 29.1 Å². The molecule has 0 unspecified atom stereocenters. The van der Waals surface area contributed by atoms with Crippen molar-refractivity contribution in [1.29, 1.82) is 0 Å². The van der Waals surface area contributed by atoms with Gasteiger partial charge in [-0.1, -0.05) is 32.0 Å². The number of rotatable bonds is 8. The molecule has 0 radical (unpaired) electrons. The van der Waals surface area contributed by atoms with E-state index in [-0.39, 0.29) is 35.0 Å². The number of nitrogens with zero attached hydrogens (tertiary/aromatic N) is 3. The largest absolute Gasteiger partial charge is 0.478 e. The summed E-state index contributed by atoms with van der Waals surface area (Å²) in [5.41, 5.74) is 3.94. The molecule has 44 heavy (non-hydrogen) atoms. The number of aryl methyl sites for hydroxylation is 1. The Bertz CT molecular complexity index is 1930. The second kappa shape index (κ2) is 10.7. The molecule has 0 spiro atoms. The van der Waals surface area contributed by atoms with Crippen molar-refractivity contribution in [1.82, 2.24) is 20.6 Å². The highest BCUT2D eigenvalue weighted by molar-refractivity contribution is 5.97. The second-order valence-corrected chi connectivity index (χ2v) is 11.7. The number of carboxylic acid groups (broad SMARTS) is 1. The van der Waals surface area contributed by atoms with E-state index < -0.39 is 28.6 Å². The number of aromatic carboxylic acids is 1. The molecular formula is C32H30N6O6. The summed E-state index contributed by atoms with van der Waals surface area (Å²) in [6, 6.07) is 11.7. The zero-order valence-corrected chi connectivity index (χ0v) is 24.4. The van der Waals surface area contributed by atoms with Gasteiger partial charge in [0.2, 0.25) is 0 Å². The van der Waals surface area contributed by atoms with Gasteiger partial charge >= 0.3 is 5.97 Å². The average Bonchev–Trinajstić information content (AvgIpc) is 3.53. The molecule has 0 fully saturated rings. The first-order chi connectivity index (χ1) is 21.0. The zero-order chi connectivity index (χ0) is 31.3. The maximum absolute atomic E-state index is 13.0. The van der Waals surface area contributed by atoms with Crippen molar-refractivity contribution in [2.45, 2.75) is 44.7 Å². The molecule has 0 bridgehead atoms. The van der Waals surface area contributed by atoms with E-state index in [0.29, 0.717) is 30.8 Å². The molecule has 0 saturated carbocycles. The Labute approximate surface area is 251 Å². The molecule has 1 atom stereocenters. The van der Waals surface area contributed by atoms with E-state index in [4.69, 9.17) is 0 Å². The monoisotopic (exact) mass is 594 g/mol. The van der Waals surface area contributed by atoms with Gasteiger partial charge in [0, 0.05) is 37.3 Å². The molecule has 2 aliphatic rings. The van der Waals surface area contributed by atoms with Crippen molar-refractivity contribution in [3.8, 4) is 0 Å². The van der Waals surface area contributed by atoms with Crippen LogP contribution in [0, 0.1) is 0 Å². The molecule has 224 valence electrons. The van der Waals surface area contributed by atoms with E-state index in [2.05, 4.69) is 39.8 Å². The maximum Gasteiger partial charge on any atom is 0.335 e. The lowest BCUT2D eigenvalue weighted by molar-refractivity contribution is 0.0696. The minimum absolute atomic E-state index is 0.0226. The van der Waals surface area contributed by atoms with E-state index in [1.54, 1.807) is 19.2 Å². The van der Waals surface area contributed by atoms with Crippen LogP contribution in [0.25, 0.3) is 0 Å². The molecule has 12 heteroatoms. The molecule has 4 N–H and O–H groups in total. The number of carbonyl (C=O) groups is 3. The number of benzene rings is 2. The topological polar surface area (TPSA) is 171 Å². The van der Waals surface area contributed by atoms with Gasteiger partial charge in [-0.25, -0.2) is 14.8 Å². The molecule has 12 nitrogen and oxygen atoms in total. The van der Waals surface area contributed by atoms with Crippen LogP contribution < -0.4 is 31.7 Å². The lowest BCUT2D eigenvalue weighted by Crippen LogP contribution is -2.41. The quantitative estimate of drug-likeness (QED) is 0.222. The Morgan fingerprint density at radius 3 is 2.48 bits per heavy atom. The van der Waals surface area contributed by atoms with Gasteiger partial charge in [0.25, 0.3) is 22.7 Å². The summed E-state index contributed by atoms with van der Waals surface area (Å²) in [6.45, 7) is 4.83. The van der Waals surface area contributed by atoms with Crippen LogP contribution in [0.1, 0.15) is 79.9 Å². The van der Waals surface area contributed by atoms with Crippen molar-refractivity contribution < 1.29 is 19.5 Å². The molecule has 3 aromatic carbocycles. The zero-order valence-electron chi connectivity index (χ0n) is 24.4. The third-order valence-electron chi connectivity index (χ3n) is 8.40. The summed E-state index contributed by atoms with van der Waals surface area (Å²) in [7, 11) is 1.61. The summed E-state index contributed by atoms with van der Waals surface area (Å²) in [5, 5.41) is 17.8. The van der Waals surface area contributed by atoms with Crippen molar-refractivity contribution in [3.63, 3.8) is 0 Å². The molecule has 1 aliphatic heterocycles. The first-order valence-corrected chi connectivity index (χ1v) is 14.2. The first-order valence-electron chi connectivity index (χ1n) is 14.2. The van der Waals surface area contributed by atoms with Gasteiger partial charge in [0.05, 0.1) is 11.6 Å². The third kappa shape index (κ3) is 4.87. The SMILES string of the molecule is CNc1c(N2CC(C)(C)c3ccc(CNC(=O)c4cc(C(=O)N[C@H]5CCc6cc(C(=O)O)ccc65)ncn4)cc32)c(=O)c1=O. The molecule has 2 amide bonds. The fourth-order valence-corrected chi connectivity index (χ4v) is 6.13. The van der Waals surface area contributed by atoms with Crippen LogP contribution in [0.4, 0.5) is 17.1 Å². The van der Waals surface area contributed by atoms with Crippen LogP contribution in [0.15, 0.2) is 58.4 Å². The van der Waals surface area contributed by atoms with Gasteiger partial charge in [0.15, 0.2) is 0 Å². The maximum atomic E-state index is 13.0. The highest BCUT2D eigenvalue weighted by Crippen LogP contribution is 2.45.